The molecule has 14 heteroatoms. The number of unbranched alkanes of at least 4 members (excludes halogenated alkanes) is 18. The van der Waals surface area contributed by atoms with E-state index in [0.29, 0.717) is 122 Å². The van der Waals surface area contributed by atoms with E-state index in [-0.39, 0.29) is 11.4 Å². The maximum Gasteiger partial charge on any atom is 0.266 e. The number of hydrogen-bond donors (Lipinski definition) is 2. The van der Waals surface area contributed by atoms with Crippen LogP contribution in [0, 0.1) is 0 Å². The van der Waals surface area contributed by atoms with E-state index in [1.165, 1.54) is 104 Å². The molecule has 412 valence electrons. The van der Waals surface area contributed by atoms with Crippen molar-refractivity contribution >= 4 is 110 Å². The molecule has 0 atom stereocenters. The second-order valence-corrected chi connectivity index (χ2v) is 22.6. The summed E-state index contributed by atoms with van der Waals surface area (Å²) in [6, 6.07) is 17.0. The Balaban J connectivity index is 0.985. The molecular weight excluding hydrogens is 1120 g/mol. The standard InChI is InChI=1S/C64H72Br2N2O10/c1-5-7-9-11-13-15-17-19-21-23-29-77-59-39(37-69)31-41(33-51(59)75-3)67-61(71)45-27-25-43-56-50(66)36-48-54-46(28-26-44(58(54)56)55-49(65)35-47(63(67)73)53(45)57(43)55)62(72)68(64(48)74)42-32-40(38-70)60(52(34-42)76-4)78-30-24-22-20-18-16-14-12-10-8-6-2/h25-28,31-36,69-70H,5-24,29-30,37-38H2,1-4H3. The molecule has 7 aromatic rings. The molecule has 0 spiro atoms. The molecule has 0 radical (unpaired) electrons. The van der Waals surface area contributed by atoms with Gasteiger partial charge < -0.3 is 29.2 Å². The molecule has 0 saturated heterocycles. The molecule has 7 aromatic carbocycles. The van der Waals surface area contributed by atoms with Gasteiger partial charge in [-0.2, -0.15) is 0 Å². The molecule has 0 aromatic heterocycles. The van der Waals surface area contributed by atoms with Gasteiger partial charge in [0, 0.05) is 75.6 Å². The molecule has 12 nitrogen and oxygen atoms in total. The maximum absolute atomic E-state index is 14.9. The van der Waals surface area contributed by atoms with Gasteiger partial charge in [-0.1, -0.05) is 173 Å². The Morgan fingerprint density at radius 2 is 0.744 bits per heavy atom. The highest BCUT2D eigenvalue weighted by atomic mass is 79.9. The molecule has 0 bridgehead atoms. The molecule has 2 heterocycles. The number of aliphatic hydroxyl groups excluding tert-OH is 2. The van der Waals surface area contributed by atoms with E-state index in [4.69, 9.17) is 18.9 Å². The van der Waals surface area contributed by atoms with Crippen molar-refractivity contribution in [1.29, 1.82) is 0 Å². The van der Waals surface area contributed by atoms with Crippen molar-refractivity contribution < 1.29 is 48.3 Å². The minimum Gasteiger partial charge on any atom is -0.493 e. The van der Waals surface area contributed by atoms with Crippen LogP contribution in [0.25, 0.3) is 43.1 Å². The first kappa shape index (κ1) is 56.9. The van der Waals surface area contributed by atoms with E-state index in [1.807, 2.05) is 12.1 Å². The number of anilines is 2. The Kier molecular flexibility index (Phi) is 19.0. The maximum atomic E-state index is 14.9. The zero-order valence-electron chi connectivity index (χ0n) is 45.6. The van der Waals surface area contributed by atoms with Gasteiger partial charge >= 0.3 is 0 Å². The molecule has 0 unspecified atom stereocenters. The van der Waals surface area contributed by atoms with Gasteiger partial charge in [0.05, 0.1) is 63.1 Å². The van der Waals surface area contributed by atoms with E-state index < -0.39 is 36.8 Å². The van der Waals surface area contributed by atoms with Crippen LogP contribution in [-0.4, -0.2) is 61.3 Å². The average molecular weight is 1190 g/mol. The molecule has 2 N–H and O–H groups in total. The third-order valence-electron chi connectivity index (χ3n) is 15.8. The van der Waals surface area contributed by atoms with Gasteiger partial charge in [0.15, 0.2) is 23.0 Å². The van der Waals surface area contributed by atoms with Crippen molar-refractivity contribution in [3.05, 3.63) is 103 Å². The monoisotopic (exact) mass is 1190 g/mol. The number of nitrogens with zero attached hydrogens (tertiary/aromatic N) is 2. The van der Waals surface area contributed by atoms with Crippen LogP contribution in [0.3, 0.4) is 0 Å². The number of carbonyl (C=O) groups is 4. The number of benzene rings is 7. The summed E-state index contributed by atoms with van der Waals surface area (Å²) in [5, 5.41) is 26.4. The third kappa shape index (κ3) is 11.1. The highest BCUT2D eigenvalue weighted by molar-refractivity contribution is 9.11. The number of hydrogen-bond acceptors (Lipinski definition) is 10. The van der Waals surface area contributed by atoms with E-state index in [1.54, 1.807) is 48.5 Å². The van der Waals surface area contributed by atoms with E-state index in [9.17, 15) is 29.4 Å². The highest BCUT2D eigenvalue weighted by Crippen LogP contribution is 2.52. The number of aliphatic hydroxyl groups is 2. The van der Waals surface area contributed by atoms with Gasteiger partial charge in [-0.25, -0.2) is 9.80 Å². The number of amides is 4. The number of ether oxygens (including phenoxy) is 4. The minimum absolute atomic E-state index is 0.234. The van der Waals surface area contributed by atoms with Crippen molar-refractivity contribution in [3.8, 4) is 23.0 Å². The predicted octanol–water partition coefficient (Wildman–Crippen LogP) is 16.5. The van der Waals surface area contributed by atoms with Crippen LogP contribution in [-0.2, 0) is 13.2 Å². The van der Waals surface area contributed by atoms with Crippen molar-refractivity contribution in [3.63, 3.8) is 0 Å². The summed E-state index contributed by atoms with van der Waals surface area (Å²) in [7, 11) is 2.99. The first-order valence-corrected chi connectivity index (χ1v) is 29.9. The fourth-order valence-electron chi connectivity index (χ4n) is 11.8. The number of halogens is 2. The minimum atomic E-state index is -0.553. The van der Waals surface area contributed by atoms with E-state index >= 15 is 0 Å². The molecule has 0 fully saturated rings. The number of carbonyl (C=O) groups excluding carboxylic acids is 4. The van der Waals surface area contributed by atoms with Crippen molar-refractivity contribution in [2.45, 2.75) is 155 Å². The first-order valence-electron chi connectivity index (χ1n) is 28.3. The number of methoxy groups -OCH3 is 2. The van der Waals surface area contributed by atoms with Gasteiger partial charge in [-0.05, 0) is 60.0 Å². The first-order chi connectivity index (χ1) is 38.0. The smallest absolute Gasteiger partial charge is 0.266 e. The molecule has 78 heavy (non-hydrogen) atoms. The Hall–Kier alpha value is -5.80. The molecular formula is C64H72Br2N2O10. The molecule has 0 aliphatic carbocycles. The van der Waals surface area contributed by atoms with Gasteiger partial charge in [-0.15, -0.1) is 0 Å². The van der Waals surface area contributed by atoms with Crippen LogP contribution in [0.2, 0.25) is 0 Å². The van der Waals surface area contributed by atoms with Crippen LogP contribution < -0.4 is 28.7 Å². The summed E-state index contributed by atoms with van der Waals surface area (Å²) < 4.78 is 25.1. The second kappa shape index (κ2) is 26.0. The predicted molar refractivity (Wildman–Crippen MR) is 318 cm³/mol. The number of imide groups is 2. The summed E-state index contributed by atoms with van der Waals surface area (Å²) in [5.74, 6) is -0.833. The van der Waals surface area contributed by atoms with Gasteiger partial charge in [0.25, 0.3) is 23.6 Å². The molecule has 9 rings (SSSR count). The lowest BCUT2D eigenvalue weighted by molar-refractivity contribution is 0.0877. The van der Waals surface area contributed by atoms with Crippen molar-refractivity contribution in [1.82, 2.24) is 0 Å². The molecule has 2 aliphatic heterocycles. The van der Waals surface area contributed by atoms with E-state index in [0.717, 1.165) is 48.3 Å². The van der Waals surface area contributed by atoms with Crippen LogP contribution >= 0.6 is 31.9 Å². The average Bonchev–Trinajstić information content (AvgIpc) is 2.79. The fraction of sp³-hybridized carbons (Fsp3) is 0.438. The third-order valence-corrected chi connectivity index (χ3v) is 17.0. The summed E-state index contributed by atoms with van der Waals surface area (Å²) in [5.41, 5.74) is 2.45. The Morgan fingerprint density at radius 1 is 0.410 bits per heavy atom. The Labute approximate surface area is 474 Å². The van der Waals surface area contributed by atoms with Crippen LogP contribution in [0.4, 0.5) is 11.4 Å². The van der Waals surface area contributed by atoms with E-state index in [2.05, 4.69) is 45.7 Å². The number of fused-ring (bicyclic) bond motifs is 2. The van der Waals surface area contributed by atoms with Crippen LogP contribution in [0.5, 0.6) is 23.0 Å². The van der Waals surface area contributed by atoms with Gasteiger partial charge in [0.1, 0.15) is 0 Å². The van der Waals surface area contributed by atoms with Gasteiger partial charge in [-0.3, -0.25) is 19.2 Å². The summed E-state index contributed by atoms with van der Waals surface area (Å²) in [6.07, 6.45) is 23.8. The Bertz CT molecular complexity index is 3100. The SMILES string of the molecule is CCCCCCCCCCCCOc1c(CO)cc(N2C(=O)c3ccc4c5c(Br)cc6c7c(ccc(c8c(Br)cc(c3c48)C2=O)c75)C(=O)N(c2cc(CO)c(OCCCCCCCCCCCC)c(OC)c2)C6=O)cc1OC. The topological polar surface area (TPSA) is 152 Å². The lowest BCUT2D eigenvalue weighted by Crippen LogP contribution is -2.40. The molecule has 4 amide bonds. The largest absolute Gasteiger partial charge is 0.493 e. The van der Waals surface area contributed by atoms with Crippen LogP contribution in [0.15, 0.2) is 69.6 Å². The van der Waals surface area contributed by atoms with Crippen LogP contribution in [0.1, 0.15) is 195 Å². The second-order valence-electron chi connectivity index (χ2n) is 20.9. The molecule has 2 aliphatic rings. The van der Waals surface area contributed by atoms with Gasteiger partial charge in [0.2, 0.25) is 0 Å². The lowest BCUT2D eigenvalue weighted by Gasteiger charge is -2.31. The normalized spacial score (nSPS) is 13.4. The summed E-state index contributed by atoms with van der Waals surface area (Å²) >= 11 is 7.68. The lowest BCUT2D eigenvalue weighted by atomic mass is 9.82. The zero-order chi connectivity index (χ0) is 55.0. The number of rotatable bonds is 30. The zero-order valence-corrected chi connectivity index (χ0v) is 48.7. The summed E-state index contributed by atoms with van der Waals surface area (Å²) in [6.45, 7) is 4.52. The highest BCUT2D eigenvalue weighted by Gasteiger charge is 2.40. The fourth-order valence-corrected chi connectivity index (χ4v) is 13.1. The molecule has 0 saturated carbocycles. The Morgan fingerprint density at radius 3 is 1.08 bits per heavy atom. The van der Waals surface area contributed by atoms with Crippen molar-refractivity contribution in [2.24, 2.45) is 0 Å². The van der Waals surface area contributed by atoms with Crippen molar-refractivity contribution in [2.75, 3.05) is 37.2 Å². The summed E-state index contributed by atoms with van der Waals surface area (Å²) in [4.78, 5) is 61.7. The quantitative estimate of drug-likeness (QED) is 0.0193.